The standard InChI is InChI=1S/C12H24O/c1-2-3-4-5-6-7-8-9-10-11-12-13/h7-8,13H,2-6,9-12H2,1H3. The van der Waals surface area contributed by atoms with Crippen molar-refractivity contribution in [2.45, 2.75) is 58.3 Å². The molecule has 1 nitrogen and oxygen atoms in total. The van der Waals surface area contributed by atoms with Gasteiger partial charge in [-0.25, -0.2) is 0 Å². The van der Waals surface area contributed by atoms with Gasteiger partial charge in [0.15, 0.2) is 0 Å². The van der Waals surface area contributed by atoms with Gasteiger partial charge in [0.2, 0.25) is 0 Å². The third-order valence-electron chi connectivity index (χ3n) is 2.17. The van der Waals surface area contributed by atoms with Gasteiger partial charge >= 0.3 is 0 Å². The summed E-state index contributed by atoms with van der Waals surface area (Å²) in [7, 11) is 0. The van der Waals surface area contributed by atoms with E-state index in [-0.39, 0.29) is 0 Å². The average Bonchev–Trinajstić information content (AvgIpc) is 2.16. The van der Waals surface area contributed by atoms with Crippen LogP contribution in [0.1, 0.15) is 58.3 Å². The Morgan fingerprint density at radius 1 is 0.846 bits per heavy atom. The quantitative estimate of drug-likeness (QED) is 0.428. The highest BCUT2D eigenvalue weighted by molar-refractivity contribution is 4.81. The molecule has 0 aromatic rings. The summed E-state index contributed by atoms with van der Waals surface area (Å²) in [4.78, 5) is 0. The summed E-state index contributed by atoms with van der Waals surface area (Å²) in [5.74, 6) is 0. The van der Waals surface area contributed by atoms with Crippen LogP contribution in [-0.2, 0) is 0 Å². The van der Waals surface area contributed by atoms with Gasteiger partial charge in [-0.15, -0.1) is 0 Å². The molecule has 0 aliphatic rings. The molecule has 0 bridgehead atoms. The first-order valence-corrected chi connectivity index (χ1v) is 5.67. The lowest BCUT2D eigenvalue weighted by atomic mass is 10.1. The highest BCUT2D eigenvalue weighted by Crippen LogP contribution is 2.04. The topological polar surface area (TPSA) is 20.2 Å². The van der Waals surface area contributed by atoms with Crippen molar-refractivity contribution < 1.29 is 5.11 Å². The highest BCUT2D eigenvalue weighted by Gasteiger charge is 1.85. The first-order valence-electron chi connectivity index (χ1n) is 5.67. The molecule has 0 atom stereocenters. The van der Waals surface area contributed by atoms with E-state index in [9.17, 15) is 0 Å². The molecular weight excluding hydrogens is 160 g/mol. The number of rotatable bonds is 9. The zero-order valence-corrected chi connectivity index (χ0v) is 8.97. The van der Waals surface area contributed by atoms with E-state index in [1.807, 2.05) is 0 Å². The van der Waals surface area contributed by atoms with E-state index in [1.54, 1.807) is 0 Å². The fraction of sp³-hybridized carbons (Fsp3) is 0.833. The summed E-state index contributed by atoms with van der Waals surface area (Å²) in [6, 6.07) is 0. The lowest BCUT2D eigenvalue weighted by molar-refractivity contribution is 0.285. The molecule has 0 saturated heterocycles. The van der Waals surface area contributed by atoms with E-state index in [4.69, 9.17) is 5.11 Å². The number of aliphatic hydroxyl groups excluding tert-OH is 1. The molecular formula is C12H24O. The van der Waals surface area contributed by atoms with Crippen molar-refractivity contribution in [2.24, 2.45) is 0 Å². The first kappa shape index (κ1) is 12.7. The summed E-state index contributed by atoms with van der Waals surface area (Å²) in [5.41, 5.74) is 0. The maximum atomic E-state index is 8.54. The lowest BCUT2D eigenvalue weighted by Crippen LogP contribution is -1.80. The minimum atomic E-state index is 0.338. The van der Waals surface area contributed by atoms with Crippen molar-refractivity contribution in [1.82, 2.24) is 0 Å². The Morgan fingerprint density at radius 2 is 1.46 bits per heavy atom. The largest absolute Gasteiger partial charge is 0.396 e. The maximum Gasteiger partial charge on any atom is 0.0431 e. The number of allylic oxidation sites excluding steroid dienone is 2. The molecule has 0 aliphatic heterocycles. The molecule has 0 heterocycles. The van der Waals surface area contributed by atoms with Crippen LogP contribution >= 0.6 is 0 Å². The molecule has 0 rings (SSSR count). The predicted octanol–water partition coefficient (Wildman–Crippen LogP) is 3.68. The van der Waals surface area contributed by atoms with Crippen LogP contribution in [0.4, 0.5) is 0 Å². The van der Waals surface area contributed by atoms with Crippen molar-refractivity contribution in [3.8, 4) is 0 Å². The number of aliphatic hydroxyl groups is 1. The summed E-state index contributed by atoms with van der Waals surface area (Å²) in [6.07, 6.45) is 14.4. The van der Waals surface area contributed by atoms with E-state index in [0.717, 1.165) is 19.3 Å². The molecule has 0 spiro atoms. The molecule has 0 aromatic carbocycles. The number of unbranched alkanes of at least 4 members (excludes halogenated alkanes) is 6. The number of hydrogen-bond acceptors (Lipinski definition) is 1. The molecule has 0 aromatic heterocycles. The van der Waals surface area contributed by atoms with Gasteiger partial charge in [-0.1, -0.05) is 38.3 Å². The second-order valence-corrected chi connectivity index (χ2v) is 3.54. The maximum absolute atomic E-state index is 8.54. The Kier molecular flexibility index (Phi) is 11.4. The fourth-order valence-electron chi connectivity index (χ4n) is 1.30. The summed E-state index contributed by atoms with van der Waals surface area (Å²) >= 11 is 0. The summed E-state index contributed by atoms with van der Waals surface area (Å²) < 4.78 is 0. The molecule has 0 fully saturated rings. The molecule has 1 N–H and O–H groups in total. The first-order chi connectivity index (χ1) is 6.41. The predicted molar refractivity (Wildman–Crippen MR) is 58.8 cm³/mol. The van der Waals surface area contributed by atoms with Crippen molar-refractivity contribution in [1.29, 1.82) is 0 Å². The molecule has 13 heavy (non-hydrogen) atoms. The van der Waals surface area contributed by atoms with Crippen LogP contribution in [0.25, 0.3) is 0 Å². The van der Waals surface area contributed by atoms with Crippen LogP contribution < -0.4 is 0 Å². The van der Waals surface area contributed by atoms with Gasteiger partial charge in [0.1, 0.15) is 0 Å². The van der Waals surface area contributed by atoms with E-state index in [1.165, 1.54) is 32.1 Å². The highest BCUT2D eigenvalue weighted by atomic mass is 16.2. The molecule has 0 radical (unpaired) electrons. The Hall–Kier alpha value is -0.300. The van der Waals surface area contributed by atoms with Crippen LogP contribution in [-0.4, -0.2) is 11.7 Å². The van der Waals surface area contributed by atoms with E-state index < -0.39 is 0 Å². The number of hydrogen-bond donors (Lipinski definition) is 1. The molecule has 0 amide bonds. The zero-order valence-electron chi connectivity index (χ0n) is 8.97. The fourth-order valence-corrected chi connectivity index (χ4v) is 1.30. The van der Waals surface area contributed by atoms with Crippen molar-refractivity contribution in [2.75, 3.05) is 6.61 Å². The van der Waals surface area contributed by atoms with Gasteiger partial charge in [-0.3, -0.25) is 0 Å². The smallest absolute Gasteiger partial charge is 0.0431 e. The Balaban J connectivity index is 2.95. The third kappa shape index (κ3) is 11.7. The molecule has 1 heteroatoms. The van der Waals surface area contributed by atoms with Crippen molar-refractivity contribution >= 4 is 0 Å². The van der Waals surface area contributed by atoms with Gasteiger partial charge < -0.3 is 5.11 Å². The molecule has 78 valence electrons. The minimum absolute atomic E-state index is 0.338. The van der Waals surface area contributed by atoms with Crippen molar-refractivity contribution in [3.05, 3.63) is 12.2 Å². The second kappa shape index (κ2) is 11.7. The normalized spacial score (nSPS) is 11.2. The van der Waals surface area contributed by atoms with Gasteiger partial charge in [0.05, 0.1) is 0 Å². The van der Waals surface area contributed by atoms with E-state index in [2.05, 4.69) is 19.1 Å². The SMILES string of the molecule is CCCCCCC=CCCCCO. The third-order valence-corrected chi connectivity index (χ3v) is 2.17. The van der Waals surface area contributed by atoms with Gasteiger partial charge in [0.25, 0.3) is 0 Å². The van der Waals surface area contributed by atoms with Crippen LogP contribution in [0, 0.1) is 0 Å². The van der Waals surface area contributed by atoms with Crippen LogP contribution in [0.5, 0.6) is 0 Å². The Bertz CT molecular complexity index is 108. The molecule has 0 saturated carbocycles. The van der Waals surface area contributed by atoms with E-state index in [0.29, 0.717) is 6.61 Å². The van der Waals surface area contributed by atoms with Gasteiger partial charge in [-0.05, 0) is 32.1 Å². The van der Waals surface area contributed by atoms with E-state index >= 15 is 0 Å². The molecule has 0 unspecified atom stereocenters. The second-order valence-electron chi connectivity index (χ2n) is 3.54. The monoisotopic (exact) mass is 184 g/mol. The average molecular weight is 184 g/mol. The lowest BCUT2D eigenvalue weighted by Gasteiger charge is -1.94. The molecule has 0 aliphatic carbocycles. The van der Waals surface area contributed by atoms with Crippen LogP contribution in [0.15, 0.2) is 12.2 Å². The van der Waals surface area contributed by atoms with Gasteiger partial charge in [-0.2, -0.15) is 0 Å². The summed E-state index contributed by atoms with van der Waals surface area (Å²) in [6.45, 7) is 2.58. The minimum Gasteiger partial charge on any atom is -0.396 e. The Morgan fingerprint density at radius 3 is 2.00 bits per heavy atom. The Labute approximate surface area is 82.9 Å². The summed E-state index contributed by atoms with van der Waals surface area (Å²) in [5, 5.41) is 8.54. The van der Waals surface area contributed by atoms with Crippen molar-refractivity contribution in [3.63, 3.8) is 0 Å². The van der Waals surface area contributed by atoms with Crippen LogP contribution in [0.2, 0.25) is 0 Å². The zero-order chi connectivity index (χ0) is 9.78. The van der Waals surface area contributed by atoms with Gasteiger partial charge in [0, 0.05) is 6.61 Å². The van der Waals surface area contributed by atoms with Crippen LogP contribution in [0.3, 0.4) is 0 Å².